The molecule has 2 fully saturated rings. The molecule has 1 saturated carbocycles. The normalized spacial score (nSPS) is 29.9. The molecule has 1 amide bonds. The summed E-state index contributed by atoms with van der Waals surface area (Å²) >= 11 is 0. The highest BCUT2D eigenvalue weighted by Gasteiger charge is 2.48. The summed E-state index contributed by atoms with van der Waals surface area (Å²) in [5.41, 5.74) is 1.29. The molecule has 1 aromatic carbocycles. The highest BCUT2D eigenvalue weighted by atomic mass is 16.5. The van der Waals surface area contributed by atoms with Crippen molar-refractivity contribution >= 4 is 29.1 Å². The van der Waals surface area contributed by atoms with E-state index >= 15 is 0 Å². The lowest BCUT2D eigenvalue weighted by molar-refractivity contribution is -0.153. The Hall–Kier alpha value is -3.16. The summed E-state index contributed by atoms with van der Waals surface area (Å²) in [6.07, 6.45) is 6.21. The fraction of sp³-hybridized carbons (Fsp3) is 0.625. The second-order valence-corrected chi connectivity index (χ2v) is 12.9. The lowest BCUT2D eigenvalue weighted by Gasteiger charge is -2.34. The number of esters is 1. The number of aryl methyl sites for hydroxylation is 1. The molecule has 6 atom stereocenters. The van der Waals surface area contributed by atoms with Crippen molar-refractivity contribution in [3.05, 3.63) is 30.0 Å². The van der Waals surface area contributed by atoms with Crippen molar-refractivity contribution in [2.45, 2.75) is 90.9 Å². The molecule has 2 bridgehead atoms. The van der Waals surface area contributed by atoms with Gasteiger partial charge in [-0.2, -0.15) is 0 Å². The second-order valence-electron chi connectivity index (χ2n) is 12.9. The van der Waals surface area contributed by atoms with Crippen LogP contribution in [0.25, 0.3) is 10.9 Å². The van der Waals surface area contributed by atoms with E-state index in [2.05, 4.69) is 0 Å². The van der Waals surface area contributed by atoms with Gasteiger partial charge in [-0.25, -0.2) is 4.98 Å². The number of pyridine rings is 1. The molecular weight excluding hydrogens is 508 g/mol. The molecule has 1 saturated heterocycles. The van der Waals surface area contributed by atoms with Crippen LogP contribution in [0.2, 0.25) is 0 Å². The van der Waals surface area contributed by atoms with Crippen LogP contribution >= 0.6 is 0 Å². The summed E-state index contributed by atoms with van der Waals surface area (Å²) < 4.78 is 17.8. The summed E-state index contributed by atoms with van der Waals surface area (Å²) in [4.78, 5) is 45.8. The Morgan fingerprint density at radius 3 is 2.60 bits per heavy atom. The van der Waals surface area contributed by atoms with Crippen molar-refractivity contribution in [1.82, 2.24) is 9.88 Å². The Balaban J connectivity index is 1.49. The number of fused-ring (bicyclic) bond motifs is 5. The molecule has 1 aliphatic carbocycles. The van der Waals surface area contributed by atoms with Gasteiger partial charge in [-0.05, 0) is 61.3 Å². The number of aromatic nitrogens is 1. The molecule has 8 nitrogen and oxygen atoms in total. The number of amides is 1. The van der Waals surface area contributed by atoms with E-state index in [4.69, 9.17) is 19.2 Å². The minimum absolute atomic E-state index is 0.00805. The zero-order chi connectivity index (χ0) is 28.6. The van der Waals surface area contributed by atoms with Gasteiger partial charge in [0, 0.05) is 11.3 Å². The molecule has 2 aliphatic heterocycles. The zero-order valence-corrected chi connectivity index (χ0v) is 24.4. The van der Waals surface area contributed by atoms with Crippen molar-refractivity contribution in [1.29, 1.82) is 0 Å². The second kappa shape index (κ2) is 11.4. The van der Waals surface area contributed by atoms with Crippen molar-refractivity contribution in [2.24, 2.45) is 23.2 Å². The van der Waals surface area contributed by atoms with Crippen LogP contribution in [0.3, 0.4) is 0 Å². The molecule has 216 valence electrons. The summed E-state index contributed by atoms with van der Waals surface area (Å²) in [6, 6.07) is 7.19. The van der Waals surface area contributed by atoms with E-state index in [-0.39, 0.29) is 43.0 Å². The first-order valence-corrected chi connectivity index (χ1v) is 14.7. The van der Waals surface area contributed by atoms with E-state index in [1.807, 2.05) is 52.0 Å². The number of aldehydes is 1. The summed E-state index contributed by atoms with van der Waals surface area (Å²) in [5.74, 6) is 0.481. The number of hydrogen-bond donors (Lipinski definition) is 0. The van der Waals surface area contributed by atoms with Gasteiger partial charge in [-0.3, -0.25) is 9.59 Å². The van der Waals surface area contributed by atoms with Gasteiger partial charge >= 0.3 is 5.97 Å². The molecule has 3 aliphatic rings. The number of nitrogens with zero attached hydrogens (tertiary/aromatic N) is 2. The van der Waals surface area contributed by atoms with Gasteiger partial charge in [-0.1, -0.05) is 40.5 Å². The van der Waals surface area contributed by atoms with Gasteiger partial charge in [0.15, 0.2) is 0 Å². The van der Waals surface area contributed by atoms with Gasteiger partial charge in [0.2, 0.25) is 5.91 Å². The molecule has 0 radical (unpaired) electrons. The van der Waals surface area contributed by atoms with Crippen LogP contribution in [0.1, 0.15) is 71.9 Å². The summed E-state index contributed by atoms with van der Waals surface area (Å²) in [5, 5.41) is 0.914. The summed E-state index contributed by atoms with van der Waals surface area (Å²) in [7, 11) is 1.64. The topological polar surface area (TPSA) is 95.0 Å². The van der Waals surface area contributed by atoms with Crippen LogP contribution in [-0.4, -0.2) is 60.0 Å². The number of ether oxygens (including phenoxy) is 3. The van der Waals surface area contributed by atoms with Gasteiger partial charge in [0.05, 0.1) is 43.2 Å². The fourth-order valence-electron chi connectivity index (χ4n) is 6.20. The minimum Gasteiger partial charge on any atom is -0.497 e. The van der Waals surface area contributed by atoms with E-state index < -0.39 is 17.4 Å². The van der Waals surface area contributed by atoms with Crippen LogP contribution in [0.4, 0.5) is 0 Å². The third-order valence-corrected chi connectivity index (χ3v) is 8.97. The Morgan fingerprint density at radius 1 is 1.07 bits per heavy atom. The van der Waals surface area contributed by atoms with E-state index in [1.165, 1.54) is 0 Å². The molecule has 8 heteroatoms. The van der Waals surface area contributed by atoms with Crippen molar-refractivity contribution < 1.29 is 28.6 Å². The average molecular weight is 551 g/mol. The van der Waals surface area contributed by atoms with Crippen molar-refractivity contribution in [3.63, 3.8) is 0 Å². The SMILES string of the molecule is COc1ccc2nc3c(cc2c1)O[C@H]1CN(C(=O)[C@H](C(C)(C)C)CC(=O)O[C@@H]2C[C@H]2CCCCC3)[C@H](C=O)[C@@H]1C. The first-order chi connectivity index (χ1) is 19.1. The fourth-order valence-corrected chi connectivity index (χ4v) is 6.20. The van der Waals surface area contributed by atoms with Crippen molar-refractivity contribution in [2.75, 3.05) is 13.7 Å². The lowest BCUT2D eigenvalue weighted by Crippen LogP contribution is -2.46. The van der Waals surface area contributed by atoms with Crippen LogP contribution < -0.4 is 9.47 Å². The van der Waals surface area contributed by atoms with Gasteiger partial charge < -0.3 is 23.9 Å². The average Bonchev–Trinajstić information content (AvgIpc) is 3.57. The molecule has 2 aromatic rings. The maximum Gasteiger partial charge on any atom is 0.306 e. The molecular formula is C32H42N2O6. The van der Waals surface area contributed by atoms with Crippen molar-refractivity contribution in [3.8, 4) is 11.5 Å². The van der Waals surface area contributed by atoms with Gasteiger partial charge in [-0.15, -0.1) is 0 Å². The van der Waals surface area contributed by atoms with Crippen LogP contribution in [0.15, 0.2) is 24.3 Å². The Kier molecular flexibility index (Phi) is 8.07. The summed E-state index contributed by atoms with van der Waals surface area (Å²) in [6.45, 7) is 8.09. The van der Waals surface area contributed by atoms with Crippen LogP contribution in [0, 0.1) is 23.2 Å². The Labute approximate surface area is 236 Å². The minimum atomic E-state index is -0.634. The third-order valence-electron chi connectivity index (χ3n) is 8.97. The van der Waals surface area contributed by atoms with Gasteiger partial charge in [0.1, 0.15) is 30.0 Å². The predicted octanol–water partition coefficient (Wildman–Crippen LogP) is 5.14. The standard InChI is InChI=1S/C32H42N2O6/c1-19-26(18-35)34-17-29(19)39-28-15-21-13-22(38-5)11-12-24(21)33-25(28)10-8-6-7-9-20-14-27(20)40-30(36)16-23(31(34)37)32(2,3)4/h11-13,15,18-20,23,26-27,29H,6-10,14,16-17H2,1-5H3/t19-,20+,23+,26+,27+,29-/m0/s1. The van der Waals surface area contributed by atoms with E-state index in [9.17, 15) is 14.4 Å². The molecule has 0 unspecified atom stereocenters. The largest absolute Gasteiger partial charge is 0.497 e. The Bertz CT molecular complexity index is 1270. The number of hydrogen-bond acceptors (Lipinski definition) is 7. The first-order valence-electron chi connectivity index (χ1n) is 14.7. The van der Waals surface area contributed by atoms with E-state index in [1.54, 1.807) is 12.0 Å². The number of benzene rings is 1. The van der Waals surface area contributed by atoms with E-state index in [0.717, 1.165) is 67.2 Å². The molecule has 40 heavy (non-hydrogen) atoms. The highest BCUT2D eigenvalue weighted by Crippen LogP contribution is 2.41. The number of rotatable bonds is 2. The molecule has 0 N–H and O–H groups in total. The molecule has 1 aromatic heterocycles. The zero-order valence-electron chi connectivity index (χ0n) is 24.4. The quantitative estimate of drug-likeness (QED) is 0.378. The van der Waals surface area contributed by atoms with Crippen LogP contribution in [0.5, 0.6) is 11.5 Å². The predicted molar refractivity (Wildman–Crippen MR) is 151 cm³/mol. The van der Waals surface area contributed by atoms with Gasteiger partial charge in [0.25, 0.3) is 0 Å². The maximum absolute atomic E-state index is 14.0. The lowest BCUT2D eigenvalue weighted by atomic mass is 9.77. The molecule has 0 spiro atoms. The maximum atomic E-state index is 14.0. The number of carbonyl (C=O) groups excluding carboxylic acids is 3. The Morgan fingerprint density at radius 2 is 1.88 bits per heavy atom. The van der Waals surface area contributed by atoms with Crippen LogP contribution in [-0.2, 0) is 25.5 Å². The smallest absolute Gasteiger partial charge is 0.306 e. The highest BCUT2D eigenvalue weighted by molar-refractivity contribution is 5.87. The number of methoxy groups -OCH3 is 1. The first kappa shape index (κ1) is 28.4. The molecule has 3 heterocycles. The third kappa shape index (κ3) is 5.96. The monoisotopic (exact) mass is 550 g/mol. The van der Waals surface area contributed by atoms with E-state index in [0.29, 0.717) is 11.7 Å². The number of carbonyl (C=O) groups is 3. The molecule has 5 rings (SSSR count).